The van der Waals surface area contributed by atoms with Crippen LogP contribution in [0.1, 0.15) is 16.1 Å². The van der Waals surface area contributed by atoms with E-state index in [0.29, 0.717) is 11.3 Å². The Morgan fingerprint density at radius 3 is 2.56 bits per heavy atom. The molecule has 0 spiro atoms. The Kier molecular flexibility index (Phi) is 4.61. The number of nitrogens with zero attached hydrogens (tertiary/aromatic N) is 3. The third-order valence-corrected chi connectivity index (χ3v) is 3.38. The van der Waals surface area contributed by atoms with Gasteiger partial charge in [-0.2, -0.15) is 10.2 Å². The number of nitrogens with one attached hydrogen (secondary N) is 2. The van der Waals surface area contributed by atoms with E-state index in [0.717, 1.165) is 5.56 Å². The van der Waals surface area contributed by atoms with Crippen molar-refractivity contribution in [2.24, 2.45) is 5.10 Å². The lowest BCUT2D eigenvalue weighted by Gasteiger charge is -1.96. The maximum atomic E-state index is 12.0. The molecular weight excluding hydrogens is 322 g/mol. The zero-order valence-corrected chi connectivity index (χ0v) is 12.9. The molecule has 3 rings (SSSR count). The molecule has 2 aromatic carbocycles. The Balaban J connectivity index is 1.63. The number of carbonyl (C=O) groups is 1. The van der Waals surface area contributed by atoms with Crippen molar-refractivity contribution in [3.63, 3.8) is 0 Å². The molecule has 1 amide bonds. The number of rotatable bonds is 5. The fourth-order valence-corrected chi connectivity index (χ4v) is 2.10. The van der Waals surface area contributed by atoms with Gasteiger partial charge in [-0.1, -0.05) is 30.3 Å². The average Bonchev–Trinajstić information content (AvgIpc) is 3.13. The Bertz CT molecular complexity index is 917. The highest BCUT2D eigenvalue weighted by Crippen LogP contribution is 2.16. The molecule has 0 saturated carbocycles. The Labute approximate surface area is 142 Å². The van der Waals surface area contributed by atoms with E-state index >= 15 is 0 Å². The standard InChI is InChI=1S/C17H13N5O3/c23-17(16-10-15(19-20-16)13-4-2-1-3-5-13)21-18-11-12-6-8-14(9-7-12)22(24)25/h1-11H,(H,19,20)(H,21,23)/b18-11+. The summed E-state index contributed by atoms with van der Waals surface area (Å²) >= 11 is 0. The predicted octanol–water partition coefficient (Wildman–Crippen LogP) is 2.75. The molecule has 0 fully saturated rings. The maximum absolute atomic E-state index is 12.0. The first-order valence-corrected chi connectivity index (χ1v) is 7.32. The van der Waals surface area contributed by atoms with Crippen LogP contribution in [0.15, 0.2) is 65.8 Å². The van der Waals surface area contributed by atoms with Crippen molar-refractivity contribution in [2.75, 3.05) is 0 Å². The van der Waals surface area contributed by atoms with Crippen LogP contribution in [0.25, 0.3) is 11.3 Å². The second-order valence-corrected chi connectivity index (χ2v) is 5.08. The van der Waals surface area contributed by atoms with Crippen molar-refractivity contribution in [1.82, 2.24) is 15.6 Å². The lowest BCUT2D eigenvalue weighted by Crippen LogP contribution is -2.17. The van der Waals surface area contributed by atoms with Crippen molar-refractivity contribution < 1.29 is 9.72 Å². The van der Waals surface area contributed by atoms with Gasteiger partial charge in [0.25, 0.3) is 11.6 Å². The van der Waals surface area contributed by atoms with Crippen molar-refractivity contribution in [3.05, 3.63) is 82.0 Å². The molecule has 8 heteroatoms. The number of non-ortho nitro benzene ring substituents is 1. The van der Waals surface area contributed by atoms with Crippen LogP contribution in [-0.4, -0.2) is 27.2 Å². The van der Waals surface area contributed by atoms with Gasteiger partial charge in [0.05, 0.1) is 16.8 Å². The third-order valence-electron chi connectivity index (χ3n) is 3.38. The molecule has 0 aliphatic heterocycles. The van der Waals surface area contributed by atoms with Gasteiger partial charge in [-0.15, -0.1) is 0 Å². The monoisotopic (exact) mass is 335 g/mol. The Morgan fingerprint density at radius 1 is 1.16 bits per heavy atom. The fraction of sp³-hybridized carbons (Fsp3) is 0. The van der Waals surface area contributed by atoms with Crippen LogP contribution >= 0.6 is 0 Å². The summed E-state index contributed by atoms with van der Waals surface area (Å²) in [5.41, 5.74) is 4.82. The highest BCUT2D eigenvalue weighted by atomic mass is 16.6. The lowest BCUT2D eigenvalue weighted by molar-refractivity contribution is -0.384. The van der Waals surface area contributed by atoms with Crippen LogP contribution in [0.3, 0.4) is 0 Å². The number of hydrogen-bond donors (Lipinski definition) is 2. The van der Waals surface area contributed by atoms with Gasteiger partial charge < -0.3 is 0 Å². The molecule has 1 heterocycles. The summed E-state index contributed by atoms with van der Waals surface area (Å²) in [5.74, 6) is -0.437. The predicted molar refractivity (Wildman–Crippen MR) is 92.2 cm³/mol. The zero-order chi connectivity index (χ0) is 17.6. The van der Waals surface area contributed by atoms with Gasteiger partial charge in [-0.25, -0.2) is 5.43 Å². The summed E-state index contributed by atoms with van der Waals surface area (Å²) in [4.78, 5) is 22.1. The molecule has 0 aliphatic rings. The van der Waals surface area contributed by atoms with Crippen molar-refractivity contribution >= 4 is 17.8 Å². The zero-order valence-electron chi connectivity index (χ0n) is 12.9. The first-order chi connectivity index (χ1) is 12.1. The van der Waals surface area contributed by atoms with Crippen LogP contribution in [0.2, 0.25) is 0 Å². The van der Waals surface area contributed by atoms with Gasteiger partial charge >= 0.3 is 0 Å². The third kappa shape index (κ3) is 3.94. The number of aromatic nitrogens is 2. The molecule has 8 nitrogen and oxygen atoms in total. The summed E-state index contributed by atoms with van der Waals surface area (Å²) in [6.07, 6.45) is 1.40. The number of aromatic amines is 1. The van der Waals surface area contributed by atoms with Crippen LogP contribution in [0.5, 0.6) is 0 Å². The first-order valence-electron chi connectivity index (χ1n) is 7.32. The number of nitro groups is 1. The van der Waals surface area contributed by atoms with Crippen molar-refractivity contribution in [3.8, 4) is 11.3 Å². The SMILES string of the molecule is O=C(N/N=C/c1ccc([N+](=O)[O-])cc1)c1cc(-c2ccccc2)n[nH]1. The molecule has 0 saturated heterocycles. The molecule has 25 heavy (non-hydrogen) atoms. The summed E-state index contributed by atoms with van der Waals surface area (Å²) < 4.78 is 0. The lowest BCUT2D eigenvalue weighted by atomic mass is 10.1. The second kappa shape index (κ2) is 7.18. The maximum Gasteiger partial charge on any atom is 0.289 e. The molecular formula is C17H13N5O3. The van der Waals surface area contributed by atoms with Gasteiger partial charge in [-0.3, -0.25) is 20.0 Å². The molecule has 124 valence electrons. The average molecular weight is 335 g/mol. The molecule has 0 bridgehead atoms. The summed E-state index contributed by atoms with van der Waals surface area (Å²) in [7, 11) is 0. The van der Waals surface area contributed by atoms with E-state index < -0.39 is 10.8 Å². The molecule has 3 aromatic rings. The summed E-state index contributed by atoms with van der Waals surface area (Å²) in [6, 6.07) is 16.9. The van der Waals surface area contributed by atoms with Crippen LogP contribution in [0.4, 0.5) is 5.69 Å². The quantitative estimate of drug-likeness (QED) is 0.424. The van der Waals surface area contributed by atoms with E-state index in [1.54, 1.807) is 6.07 Å². The van der Waals surface area contributed by atoms with Gasteiger partial charge in [0.1, 0.15) is 5.69 Å². The van der Waals surface area contributed by atoms with E-state index in [1.807, 2.05) is 30.3 Å². The van der Waals surface area contributed by atoms with Crippen LogP contribution in [-0.2, 0) is 0 Å². The highest BCUT2D eigenvalue weighted by molar-refractivity contribution is 5.94. The largest absolute Gasteiger partial charge is 0.289 e. The number of carbonyl (C=O) groups excluding carboxylic acids is 1. The first kappa shape index (κ1) is 16.1. The number of hydrogen-bond acceptors (Lipinski definition) is 5. The van der Waals surface area contributed by atoms with Crippen molar-refractivity contribution in [2.45, 2.75) is 0 Å². The minimum Gasteiger partial charge on any atom is -0.272 e. The Morgan fingerprint density at radius 2 is 1.88 bits per heavy atom. The van der Waals surface area contributed by atoms with Crippen LogP contribution < -0.4 is 5.43 Å². The molecule has 0 aliphatic carbocycles. The van der Waals surface area contributed by atoms with Crippen LogP contribution in [0, 0.1) is 10.1 Å². The number of nitro benzene ring substituents is 1. The van der Waals surface area contributed by atoms with Gasteiger partial charge in [-0.05, 0) is 23.8 Å². The summed E-state index contributed by atoms with van der Waals surface area (Å²) in [5, 5.41) is 21.2. The topological polar surface area (TPSA) is 113 Å². The second-order valence-electron chi connectivity index (χ2n) is 5.08. The van der Waals surface area contributed by atoms with Crippen molar-refractivity contribution in [1.29, 1.82) is 0 Å². The molecule has 0 unspecified atom stereocenters. The minimum atomic E-state index is -0.481. The van der Waals surface area contributed by atoms with E-state index in [4.69, 9.17) is 0 Å². The number of hydrazone groups is 1. The number of amides is 1. The van der Waals surface area contributed by atoms with E-state index in [1.165, 1.54) is 30.5 Å². The number of benzene rings is 2. The Hall–Kier alpha value is -3.81. The van der Waals surface area contributed by atoms with Gasteiger partial charge in [0, 0.05) is 17.7 Å². The van der Waals surface area contributed by atoms with Gasteiger partial charge in [0.2, 0.25) is 0 Å². The molecule has 2 N–H and O–H groups in total. The molecule has 1 aromatic heterocycles. The van der Waals surface area contributed by atoms with E-state index in [2.05, 4.69) is 20.7 Å². The van der Waals surface area contributed by atoms with E-state index in [9.17, 15) is 14.9 Å². The highest BCUT2D eigenvalue weighted by Gasteiger charge is 2.10. The van der Waals surface area contributed by atoms with E-state index in [-0.39, 0.29) is 11.4 Å². The molecule has 0 atom stereocenters. The number of H-pyrrole nitrogens is 1. The molecule has 0 radical (unpaired) electrons. The fourth-order valence-electron chi connectivity index (χ4n) is 2.10. The minimum absolute atomic E-state index is 0.00733. The van der Waals surface area contributed by atoms with Gasteiger partial charge in [0.15, 0.2) is 0 Å². The normalized spacial score (nSPS) is 10.7. The summed E-state index contributed by atoms with van der Waals surface area (Å²) in [6.45, 7) is 0. The smallest absolute Gasteiger partial charge is 0.272 e.